The number of rotatable bonds is 7. The van der Waals surface area contributed by atoms with Crippen LogP contribution in [0.15, 0.2) is 36.5 Å². The largest absolute Gasteiger partial charge is 0.466 e. The smallest absolute Gasteiger partial charge is 0.306 e. The number of amides is 1. The first-order valence-corrected chi connectivity index (χ1v) is 10.7. The number of carbonyl (C=O) groups is 3. The maximum absolute atomic E-state index is 13.4. The highest BCUT2D eigenvalue weighted by Crippen LogP contribution is 2.36. The molecule has 0 bridgehead atoms. The molecule has 1 atom stereocenters. The molecule has 1 aliphatic rings. The van der Waals surface area contributed by atoms with Crippen LogP contribution in [0.1, 0.15) is 65.4 Å². The Kier molecular flexibility index (Phi) is 7.25. The number of esters is 1. The Morgan fingerprint density at radius 1 is 1.16 bits per heavy atom. The first-order valence-electron chi connectivity index (χ1n) is 10.7. The van der Waals surface area contributed by atoms with Gasteiger partial charge in [-0.1, -0.05) is 12.1 Å². The zero-order valence-electron chi connectivity index (χ0n) is 18.3. The molecule has 2 aromatic rings. The second-order valence-electron chi connectivity index (χ2n) is 8.08. The fraction of sp³-hybridized carbons (Fsp3) is 0.458. The van der Waals surface area contributed by atoms with E-state index in [2.05, 4.69) is 0 Å². The molecular weight excluding hydrogens is 399 g/mol. The van der Waals surface area contributed by atoms with E-state index in [1.807, 2.05) is 0 Å². The minimum Gasteiger partial charge on any atom is -0.466 e. The van der Waals surface area contributed by atoms with Gasteiger partial charge in [-0.25, -0.2) is 4.39 Å². The van der Waals surface area contributed by atoms with Crippen LogP contribution in [0.5, 0.6) is 0 Å². The van der Waals surface area contributed by atoms with Gasteiger partial charge in [-0.2, -0.15) is 0 Å². The second-order valence-corrected chi connectivity index (χ2v) is 8.08. The fourth-order valence-corrected chi connectivity index (χ4v) is 4.30. The Morgan fingerprint density at radius 3 is 2.35 bits per heavy atom. The molecule has 0 N–H and O–H groups in total. The summed E-state index contributed by atoms with van der Waals surface area (Å²) in [5.41, 5.74) is 1.92. The molecule has 1 saturated heterocycles. The van der Waals surface area contributed by atoms with Crippen molar-refractivity contribution in [2.75, 3.05) is 19.7 Å². The summed E-state index contributed by atoms with van der Waals surface area (Å²) >= 11 is 0. The molecule has 0 spiro atoms. The first-order chi connectivity index (χ1) is 14.8. The van der Waals surface area contributed by atoms with E-state index in [0.717, 1.165) is 18.4 Å². The van der Waals surface area contributed by atoms with Gasteiger partial charge in [0.05, 0.1) is 13.0 Å². The van der Waals surface area contributed by atoms with Crippen molar-refractivity contribution in [1.82, 2.24) is 9.47 Å². The molecule has 7 heteroatoms. The van der Waals surface area contributed by atoms with Crippen LogP contribution in [0.4, 0.5) is 4.39 Å². The van der Waals surface area contributed by atoms with Crippen LogP contribution in [-0.4, -0.2) is 46.8 Å². The van der Waals surface area contributed by atoms with E-state index in [-0.39, 0.29) is 41.7 Å². The molecular formula is C24H29FN2O4. The number of carbonyl (C=O) groups excluding carboxylic acids is 3. The molecule has 3 rings (SSSR count). The van der Waals surface area contributed by atoms with Crippen molar-refractivity contribution in [1.29, 1.82) is 0 Å². The van der Waals surface area contributed by atoms with E-state index in [1.165, 1.54) is 19.1 Å². The van der Waals surface area contributed by atoms with Crippen LogP contribution in [0, 0.1) is 11.7 Å². The first kappa shape index (κ1) is 22.7. The van der Waals surface area contributed by atoms with Gasteiger partial charge in [0.15, 0.2) is 5.78 Å². The monoisotopic (exact) mass is 428 g/mol. The highest BCUT2D eigenvalue weighted by molar-refractivity contribution is 5.99. The number of aromatic nitrogens is 1. The SMILES string of the molecule is CCOC(=O)C[C@@H](c1ccc(F)cc1)C1CCN(C(=O)c2cc(C(C)=O)cn2C)CC1. The molecule has 166 valence electrons. The number of ketones is 1. The highest BCUT2D eigenvalue weighted by atomic mass is 19.1. The average Bonchev–Trinajstić information content (AvgIpc) is 3.15. The zero-order chi connectivity index (χ0) is 22.5. The van der Waals surface area contributed by atoms with E-state index in [4.69, 9.17) is 4.74 Å². The lowest BCUT2D eigenvalue weighted by Gasteiger charge is -2.36. The molecule has 0 unspecified atom stereocenters. The predicted octanol–water partition coefficient (Wildman–Crippen LogP) is 3.96. The summed E-state index contributed by atoms with van der Waals surface area (Å²) < 4.78 is 20.2. The minimum atomic E-state index is -0.313. The molecule has 1 aromatic heterocycles. The van der Waals surface area contributed by atoms with Crippen LogP contribution in [0.2, 0.25) is 0 Å². The number of Topliss-reactive ketones (excluding diaryl/α,β-unsaturated/α-hetero) is 1. The van der Waals surface area contributed by atoms with Crippen LogP contribution in [-0.2, 0) is 16.6 Å². The standard InChI is InChI=1S/C24H29FN2O4/c1-4-31-23(29)14-21(17-5-7-20(25)8-6-17)18-9-11-27(12-10-18)24(30)22-13-19(16(2)28)15-26(22)3/h5-8,13,15,18,21H,4,9-12,14H2,1-3H3/t21-/m0/s1. The summed E-state index contributed by atoms with van der Waals surface area (Å²) in [6.45, 7) is 4.69. The van der Waals surface area contributed by atoms with E-state index >= 15 is 0 Å². The van der Waals surface area contributed by atoms with Gasteiger partial charge in [0.1, 0.15) is 11.5 Å². The Bertz CT molecular complexity index is 943. The average molecular weight is 429 g/mol. The van der Waals surface area contributed by atoms with Crippen LogP contribution in [0.25, 0.3) is 0 Å². The molecule has 1 amide bonds. The molecule has 1 aromatic carbocycles. The van der Waals surface area contributed by atoms with Crippen LogP contribution < -0.4 is 0 Å². The third kappa shape index (κ3) is 5.40. The second kappa shape index (κ2) is 9.90. The molecule has 31 heavy (non-hydrogen) atoms. The molecule has 2 heterocycles. The molecule has 0 aliphatic carbocycles. The van der Waals surface area contributed by atoms with Gasteiger partial charge < -0.3 is 14.2 Å². The van der Waals surface area contributed by atoms with Gasteiger partial charge in [0.2, 0.25) is 0 Å². The number of benzene rings is 1. The molecule has 1 aliphatic heterocycles. The third-order valence-electron chi connectivity index (χ3n) is 6.02. The number of aryl methyl sites for hydroxylation is 1. The van der Waals surface area contributed by atoms with Crippen molar-refractivity contribution in [2.24, 2.45) is 13.0 Å². The number of nitrogens with zero attached hydrogens (tertiary/aromatic N) is 2. The van der Waals surface area contributed by atoms with Gasteiger partial charge in [-0.05, 0) is 62.3 Å². The normalized spacial score (nSPS) is 15.5. The summed E-state index contributed by atoms with van der Waals surface area (Å²) in [5.74, 6) is -0.662. The van der Waals surface area contributed by atoms with Crippen LogP contribution in [0.3, 0.4) is 0 Å². The van der Waals surface area contributed by atoms with Crippen molar-refractivity contribution in [3.05, 3.63) is 59.2 Å². The Hall–Kier alpha value is -2.96. The zero-order valence-corrected chi connectivity index (χ0v) is 18.3. The van der Waals surface area contributed by atoms with Crippen molar-refractivity contribution in [3.63, 3.8) is 0 Å². The fourth-order valence-electron chi connectivity index (χ4n) is 4.30. The topological polar surface area (TPSA) is 68.6 Å². The lowest BCUT2D eigenvalue weighted by molar-refractivity contribution is -0.144. The lowest BCUT2D eigenvalue weighted by Crippen LogP contribution is -2.40. The van der Waals surface area contributed by atoms with E-state index in [0.29, 0.717) is 31.0 Å². The maximum Gasteiger partial charge on any atom is 0.306 e. The number of hydrogen-bond acceptors (Lipinski definition) is 4. The Morgan fingerprint density at radius 2 is 1.81 bits per heavy atom. The molecule has 1 fully saturated rings. The van der Waals surface area contributed by atoms with Crippen molar-refractivity contribution in [3.8, 4) is 0 Å². The highest BCUT2D eigenvalue weighted by Gasteiger charge is 2.32. The predicted molar refractivity (Wildman–Crippen MR) is 114 cm³/mol. The number of halogens is 1. The number of piperidine rings is 1. The van der Waals surface area contributed by atoms with Gasteiger partial charge in [0, 0.05) is 31.9 Å². The molecule has 0 radical (unpaired) electrons. The van der Waals surface area contributed by atoms with E-state index in [9.17, 15) is 18.8 Å². The number of ether oxygens (including phenoxy) is 1. The van der Waals surface area contributed by atoms with Gasteiger partial charge in [-0.3, -0.25) is 14.4 Å². The van der Waals surface area contributed by atoms with Crippen molar-refractivity contribution < 1.29 is 23.5 Å². The molecule has 6 nitrogen and oxygen atoms in total. The summed E-state index contributed by atoms with van der Waals surface area (Å²) in [6, 6.07) is 7.91. The van der Waals surface area contributed by atoms with Crippen molar-refractivity contribution >= 4 is 17.7 Å². The summed E-state index contributed by atoms with van der Waals surface area (Å²) in [6.07, 6.45) is 3.37. The van der Waals surface area contributed by atoms with Crippen molar-refractivity contribution in [2.45, 2.75) is 39.0 Å². The van der Waals surface area contributed by atoms with Gasteiger partial charge in [-0.15, -0.1) is 0 Å². The lowest BCUT2D eigenvalue weighted by atomic mass is 9.78. The number of hydrogen-bond donors (Lipinski definition) is 0. The van der Waals surface area contributed by atoms with Gasteiger partial charge in [0.25, 0.3) is 5.91 Å². The summed E-state index contributed by atoms with van der Waals surface area (Å²) in [4.78, 5) is 38.6. The van der Waals surface area contributed by atoms with E-state index < -0.39 is 0 Å². The summed E-state index contributed by atoms with van der Waals surface area (Å²) in [5, 5.41) is 0. The molecule has 0 saturated carbocycles. The van der Waals surface area contributed by atoms with E-state index in [1.54, 1.807) is 47.8 Å². The Labute approximate surface area is 182 Å². The van der Waals surface area contributed by atoms with Gasteiger partial charge >= 0.3 is 5.97 Å². The maximum atomic E-state index is 13.4. The Balaban J connectivity index is 1.71. The minimum absolute atomic E-state index is 0.0746. The third-order valence-corrected chi connectivity index (χ3v) is 6.02. The number of likely N-dealkylation sites (tertiary alicyclic amines) is 1. The van der Waals surface area contributed by atoms with Crippen LogP contribution >= 0.6 is 0 Å². The quantitative estimate of drug-likeness (QED) is 0.495. The summed E-state index contributed by atoms with van der Waals surface area (Å²) in [7, 11) is 1.76.